The molecule has 142 valence electrons. The number of aromatic nitrogens is 2. The number of rotatable bonds is 4. The van der Waals surface area contributed by atoms with Crippen LogP contribution >= 0.6 is 11.3 Å². The minimum atomic E-state index is -0.818. The molecule has 0 fully saturated rings. The van der Waals surface area contributed by atoms with E-state index in [-0.39, 0.29) is 17.9 Å². The van der Waals surface area contributed by atoms with Crippen molar-refractivity contribution in [3.05, 3.63) is 76.0 Å². The maximum absolute atomic E-state index is 13.8. The highest BCUT2D eigenvalue weighted by atomic mass is 32.1. The normalized spacial score (nSPS) is 12.4. The molecule has 0 aliphatic rings. The number of hydrogen-bond acceptors (Lipinski definition) is 4. The van der Waals surface area contributed by atoms with Crippen LogP contribution in [0.4, 0.5) is 4.39 Å². The molecule has 0 saturated heterocycles. The van der Waals surface area contributed by atoms with Crippen molar-refractivity contribution < 1.29 is 9.18 Å². The highest BCUT2D eigenvalue weighted by molar-refractivity contribution is 7.26. The van der Waals surface area contributed by atoms with E-state index in [1.807, 2.05) is 31.2 Å². The molecular weight excluding hydrogens is 377 g/mol. The summed E-state index contributed by atoms with van der Waals surface area (Å²) in [6.45, 7) is 3.50. The molecule has 2 aromatic carbocycles. The maximum atomic E-state index is 13.8. The number of amides is 1. The Morgan fingerprint density at radius 3 is 2.71 bits per heavy atom. The molecular formula is C21H18FN3O2S. The fourth-order valence-electron chi connectivity index (χ4n) is 3.22. The third kappa shape index (κ3) is 3.07. The third-order valence-electron chi connectivity index (χ3n) is 4.76. The number of benzene rings is 2. The van der Waals surface area contributed by atoms with Gasteiger partial charge in [-0.1, -0.05) is 36.4 Å². The lowest BCUT2D eigenvalue weighted by Gasteiger charge is -2.15. The molecule has 0 unspecified atom stereocenters. The van der Waals surface area contributed by atoms with E-state index in [9.17, 15) is 14.0 Å². The van der Waals surface area contributed by atoms with Crippen molar-refractivity contribution in [2.75, 3.05) is 0 Å². The minimum absolute atomic E-state index is 0.0488. The van der Waals surface area contributed by atoms with Gasteiger partial charge in [0, 0.05) is 22.2 Å². The van der Waals surface area contributed by atoms with Gasteiger partial charge in [0.1, 0.15) is 11.9 Å². The van der Waals surface area contributed by atoms with Gasteiger partial charge in [0.25, 0.3) is 5.56 Å². The molecule has 7 heteroatoms. The van der Waals surface area contributed by atoms with Gasteiger partial charge < -0.3 is 5.32 Å². The Hall–Kier alpha value is -3.06. The Morgan fingerprint density at radius 1 is 1.21 bits per heavy atom. The number of hydrogen-bond donors (Lipinski definition) is 1. The summed E-state index contributed by atoms with van der Waals surface area (Å²) < 4.78 is 16.8. The first-order chi connectivity index (χ1) is 13.5. The van der Waals surface area contributed by atoms with Crippen molar-refractivity contribution in [3.8, 4) is 0 Å². The van der Waals surface area contributed by atoms with Crippen molar-refractivity contribution in [3.63, 3.8) is 0 Å². The molecule has 0 aliphatic carbocycles. The van der Waals surface area contributed by atoms with E-state index >= 15 is 0 Å². The lowest BCUT2D eigenvalue weighted by atomic mass is 10.2. The summed E-state index contributed by atoms with van der Waals surface area (Å²) in [6, 6.07) is 13.1. The summed E-state index contributed by atoms with van der Waals surface area (Å²) in [7, 11) is 0. The number of nitrogens with zero attached hydrogens (tertiary/aromatic N) is 2. The molecule has 4 rings (SSSR count). The topological polar surface area (TPSA) is 64.0 Å². The summed E-state index contributed by atoms with van der Waals surface area (Å²) in [5.41, 5.74) is 0.787. The molecule has 2 heterocycles. The summed E-state index contributed by atoms with van der Waals surface area (Å²) >= 11 is 1.52. The second-order valence-corrected chi connectivity index (χ2v) is 7.67. The zero-order valence-corrected chi connectivity index (χ0v) is 16.2. The first-order valence-corrected chi connectivity index (χ1v) is 9.71. The van der Waals surface area contributed by atoms with Crippen LogP contribution in [-0.4, -0.2) is 15.7 Å². The average Bonchev–Trinajstić information content (AvgIpc) is 3.10. The van der Waals surface area contributed by atoms with Crippen LogP contribution in [0, 0.1) is 12.7 Å². The van der Waals surface area contributed by atoms with E-state index in [1.165, 1.54) is 22.1 Å². The third-order valence-corrected chi connectivity index (χ3v) is 6.04. The second-order valence-electron chi connectivity index (χ2n) is 6.62. The van der Waals surface area contributed by atoms with Crippen LogP contribution in [-0.2, 0) is 11.3 Å². The Morgan fingerprint density at radius 2 is 1.93 bits per heavy atom. The van der Waals surface area contributed by atoms with E-state index in [1.54, 1.807) is 25.1 Å². The summed E-state index contributed by atoms with van der Waals surface area (Å²) in [6.07, 6.45) is 0. The monoisotopic (exact) mass is 395 g/mol. The lowest BCUT2D eigenvalue weighted by molar-refractivity contribution is -0.124. The van der Waals surface area contributed by atoms with Crippen LogP contribution in [0.15, 0.2) is 53.3 Å². The van der Waals surface area contributed by atoms with Crippen molar-refractivity contribution in [1.29, 1.82) is 0 Å². The molecule has 0 spiro atoms. The van der Waals surface area contributed by atoms with Crippen LogP contribution in [0.25, 0.3) is 20.2 Å². The number of carbonyl (C=O) groups is 1. The first-order valence-electron chi connectivity index (χ1n) is 8.89. The predicted molar refractivity (Wildman–Crippen MR) is 109 cm³/mol. The number of fused-ring (bicyclic) bond motifs is 3. The fraction of sp³-hybridized carbons (Fsp3) is 0.190. The fourth-order valence-corrected chi connectivity index (χ4v) is 4.36. The smallest absolute Gasteiger partial charge is 0.276 e. The molecule has 2 aromatic heterocycles. The standard InChI is InChI=1S/C21H18FN3O2S/c1-12-19-18(15-8-4-6-10-17(15)28-19)21(27)25(24-12)13(2)20(26)23-11-14-7-3-5-9-16(14)22/h3-10,13H,11H2,1-2H3,(H,23,26)/t13-/m1/s1. The molecule has 5 nitrogen and oxygen atoms in total. The maximum Gasteiger partial charge on any atom is 0.276 e. The number of aryl methyl sites for hydroxylation is 1. The molecule has 28 heavy (non-hydrogen) atoms. The van der Waals surface area contributed by atoms with Crippen LogP contribution < -0.4 is 10.9 Å². The van der Waals surface area contributed by atoms with Gasteiger partial charge in [-0.3, -0.25) is 9.59 Å². The molecule has 4 aromatic rings. The largest absolute Gasteiger partial charge is 0.350 e. The van der Waals surface area contributed by atoms with E-state index in [4.69, 9.17) is 0 Å². The highest BCUT2D eigenvalue weighted by Crippen LogP contribution is 2.32. The molecule has 1 amide bonds. The van der Waals surface area contributed by atoms with Gasteiger partial charge in [0.15, 0.2) is 0 Å². The van der Waals surface area contributed by atoms with Gasteiger partial charge in [-0.25, -0.2) is 9.07 Å². The zero-order valence-electron chi connectivity index (χ0n) is 15.4. The lowest BCUT2D eigenvalue weighted by Crippen LogP contribution is -2.37. The van der Waals surface area contributed by atoms with Gasteiger partial charge >= 0.3 is 0 Å². The van der Waals surface area contributed by atoms with Crippen LogP contribution in [0.2, 0.25) is 0 Å². The van der Waals surface area contributed by atoms with Crippen LogP contribution in [0.3, 0.4) is 0 Å². The van der Waals surface area contributed by atoms with E-state index in [0.29, 0.717) is 16.6 Å². The Bertz CT molecular complexity index is 1260. The van der Waals surface area contributed by atoms with Crippen molar-refractivity contribution in [2.24, 2.45) is 0 Å². The van der Waals surface area contributed by atoms with Crippen molar-refractivity contribution in [2.45, 2.75) is 26.4 Å². The van der Waals surface area contributed by atoms with E-state index in [0.717, 1.165) is 14.8 Å². The van der Waals surface area contributed by atoms with Gasteiger partial charge in [-0.05, 0) is 26.0 Å². The molecule has 1 N–H and O–H groups in total. The number of thiophene rings is 1. The molecule has 0 radical (unpaired) electrons. The Kier molecular flexibility index (Phi) is 4.68. The highest BCUT2D eigenvalue weighted by Gasteiger charge is 2.21. The van der Waals surface area contributed by atoms with Gasteiger partial charge in [-0.15, -0.1) is 11.3 Å². The Labute approximate surface area is 164 Å². The van der Waals surface area contributed by atoms with Gasteiger partial charge in [0.2, 0.25) is 5.91 Å². The van der Waals surface area contributed by atoms with Crippen molar-refractivity contribution >= 4 is 37.4 Å². The average molecular weight is 395 g/mol. The minimum Gasteiger partial charge on any atom is -0.350 e. The van der Waals surface area contributed by atoms with E-state index < -0.39 is 11.9 Å². The number of carbonyl (C=O) groups excluding carboxylic acids is 1. The second kappa shape index (κ2) is 7.16. The molecule has 1 atom stereocenters. The van der Waals surface area contributed by atoms with Crippen LogP contribution in [0.5, 0.6) is 0 Å². The molecule has 0 aliphatic heterocycles. The predicted octanol–water partition coefficient (Wildman–Crippen LogP) is 3.94. The quantitative estimate of drug-likeness (QED) is 0.569. The van der Waals surface area contributed by atoms with Crippen molar-refractivity contribution in [1.82, 2.24) is 15.1 Å². The first kappa shape index (κ1) is 18.3. The summed E-state index contributed by atoms with van der Waals surface area (Å²) in [5.74, 6) is -0.774. The Balaban J connectivity index is 1.69. The van der Waals surface area contributed by atoms with Crippen LogP contribution in [0.1, 0.15) is 24.2 Å². The number of nitrogens with one attached hydrogen (secondary N) is 1. The molecule has 0 saturated carbocycles. The van der Waals surface area contributed by atoms with Gasteiger partial charge in [0.05, 0.1) is 15.8 Å². The van der Waals surface area contributed by atoms with E-state index in [2.05, 4.69) is 10.4 Å². The SMILES string of the molecule is Cc1nn([C@H](C)C(=O)NCc2ccccc2F)c(=O)c2c1sc1ccccc12. The summed E-state index contributed by atoms with van der Waals surface area (Å²) in [4.78, 5) is 25.7. The van der Waals surface area contributed by atoms with Gasteiger partial charge in [-0.2, -0.15) is 5.10 Å². The molecule has 0 bridgehead atoms. The number of halogens is 1. The summed E-state index contributed by atoms with van der Waals surface area (Å²) in [5, 5.41) is 8.51. The zero-order chi connectivity index (χ0) is 19.8.